The summed E-state index contributed by atoms with van der Waals surface area (Å²) in [5, 5.41) is 13.3. The van der Waals surface area contributed by atoms with E-state index in [4.69, 9.17) is 11.5 Å². The lowest BCUT2D eigenvalue weighted by atomic mass is 10.1. The molecule has 1 aliphatic heterocycles. The Hall–Kier alpha value is -2.75. The Labute approximate surface area is 123 Å². The number of alkyl halides is 2. The minimum absolute atomic E-state index is 0.0538. The Morgan fingerprint density at radius 3 is 2.73 bits per heavy atom. The number of rotatable bonds is 5. The third kappa shape index (κ3) is 3.47. The van der Waals surface area contributed by atoms with Crippen LogP contribution in [0.3, 0.4) is 0 Å². The standard InChI is InChI=1S/C12H13F2N5O3/c13-11(14)22-9-4-2-1-3-7(9)5-12(16)17-6-8(19(20)21)10(15)18-12/h1-4,6,11,17H,5,16H2,(H2,15,18). The second kappa shape index (κ2) is 5.93. The molecule has 0 fully saturated rings. The Morgan fingerprint density at radius 2 is 2.14 bits per heavy atom. The first-order chi connectivity index (χ1) is 10.3. The van der Waals surface area contributed by atoms with Crippen molar-refractivity contribution in [2.45, 2.75) is 18.8 Å². The van der Waals surface area contributed by atoms with Crippen LogP contribution in [-0.4, -0.2) is 23.2 Å². The van der Waals surface area contributed by atoms with Crippen molar-refractivity contribution in [3.8, 4) is 5.75 Å². The molecule has 2 rings (SSSR count). The molecule has 0 aliphatic carbocycles. The number of benzene rings is 1. The number of ether oxygens (including phenoxy) is 1. The van der Waals surface area contributed by atoms with E-state index in [-0.39, 0.29) is 18.0 Å². The van der Waals surface area contributed by atoms with Gasteiger partial charge in [-0.15, -0.1) is 0 Å². The van der Waals surface area contributed by atoms with Gasteiger partial charge in [0.2, 0.25) is 5.84 Å². The molecule has 0 radical (unpaired) electrons. The van der Waals surface area contributed by atoms with Gasteiger partial charge >= 0.3 is 12.3 Å². The molecule has 0 saturated carbocycles. The molecular weight excluding hydrogens is 300 g/mol. The summed E-state index contributed by atoms with van der Waals surface area (Å²) in [5.74, 6) is -1.90. The summed E-state index contributed by atoms with van der Waals surface area (Å²) in [4.78, 5) is 13.8. The average molecular weight is 313 g/mol. The van der Waals surface area contributed by atoms with Crippen LogP contribution in [0.2, 0.25) is 0 Å². The molecule has 1 aliphatic rings. The SMILES string of the molecule is NC1=NC(N)(Cc2ccccc2OC(F)F)NC=C1[N+](=O)[O-]. The van der Waals surface area contributed by atoms with Crippen LogP contribution in [-0.2, 0) is 6.42 Å². The number of para-hydroxylation sites is 1. The molecule has 1 atom stereocenters. The molecule has 0 amide bonds. The molecular formula is C12H13F2N5O3. The van der Waals surface area contributed by atoms with Gasteiger partial charge in [-0.2, -0.15) is 8.78 Å². The third-order valence-corrected chi connectivity index (χ3v) is 2.89. The lowest BCUT2D eigenvalue weighted by Crippen LogP contribution is -2.55. The number of nitrogens with one attached hydrogen (secondary N) is 1. The number of hydrogen-bond donors (Lipinski definition) is 3. The molecule has 10 heteroatoms. The van der Waals surface area contributed by atoms with Crippen LogP contribution in [0.1, 0.15) is 5.56 Å². The van der Waals surface area contributed by atoms with Gasteiger partial charge in [0.25, 0.3) is 0 Å². The van der Waals surface area contributed by atoms with Gasteiger partial charge in [-0.05, 0) is 6.07 Å². The molecule has 118 valence electrons. The number of amidine groups is 1. The van der Waals surface area contributed by atoms with Crippen molar-refractivity contribution < 1.29 is 18.4 Å². The molecule has 1 unspecified atom stereocenters. The number of nitrogens with two attached hydrogens (primary N) is 2. The maximum atomic E-state index is 12.4. The summed E-state index contributed by atoms with van der Waals surface area (Å²) < 4.78 is 29.1. The molecule has 22 heavy (non-hydrogen) atoms. The highest BCUT2D eigenvalue weighted by molar-refractivity contribution is 5.95. The number of aliphatic imine (C=N–C) groups is 1. The molecule has 0 bridgehead atoms. The summed E-state index contributed by atoms with van der Waals surface area (Å²) in [7, 11) is 0. The normalized spacial score (nSPS) is 20.9. The van der Waals surface area contributed by atoms with Crippen LogP contribution < -0.4 is 21.5 Å². The second-order valence-corrected chi connectivity index (χ2v) is 4.52. The highest BCUT2D eigenvalue weighted by Crippen LogP contribution is 2.24. The van der Waals surface area contributed by atoms with E-state index in [2.05, 4.69) is 15.0 Å². The topological polar surface area (TPSA) is 129 Å². The number of halogens is 2. The monoisotopic (exact) mass is 313 g/mol. The Bertz CT molecular complexity index is 649. The zero-order chi connectivity index (χ0) is 16.3. The summed E-state index contributed by atoms with van der Waals surface area (Å²) in [5.41, 5.74) is 11.4. The Balaban J connectivity index is 2.23. The smallest absolute Gasteiger partial charge is 0.387 e. The molecule has 1 aromatic rings. The molecule has 0 saturated heterocycles. The van der Waals surface area contributed by atoms with Gasteiger partial charge in [-0.3, -0.25) is 15.8 Å². The second-order valence-electron chi connectivity index (χ2n) is 4.52. The van der Waals surface area contributed by atoms with Crippen molar-refractivity contribution in [3.05, 3.63) is 51.8 Å². The number of hydrogen-bond acceptors (Lipinski definition) is 7. The summed E-state index contributed by atoms with van der Waals surface area (Å²) in [6.07, 6.45) is 0.969. The van der Waals surface area contributed by atoms with Crippen LogP contribution in [0.15, 0.2) is 41.2 Å². The van der Waals surface area contributed by atoms with Crippen molar-refractivity contribution in [1.82, 2.24) is 5.32 Å². The number of nitrogens with zero attached hydrogens (tertiary/aromatic N) is 2. The zero-order valence-corrected chi connectivity index (χ0v) is 11.2. The first kappa shape index (κ1) is 15.6. The van der Waals surface area contributed by atoms with Crippen LogP contribution in [0, 0.1) is 10.1 Å². The van der Waals surface area contributed by atoms with E-state index in [0.29, 0.717) is 5.56 Å². The van der Waals surface area contributed by atoms with Gasteiger partial charge in [0.1, 0.15) is 5.75 Å². The van der Waals surface area contributed by atoms with E-state index in [1.54, 1.807) is 6.07 Å². The highest BCUT2D eigenvalue weighted by Gasteiger charge is 2.33. The molecule has 8 nitrogen and oxygen atoms in total. The van der Waals surface area contributed by atoms with E-state index in [9.17, 15) is 18.9 Å². The Kier molecular flexibility index (Phi) is 4.22. The largest absolute Gasteiger partial charge is 0.435 e. The van der Waals surface area contributed by atoms with Gasteiger partial charge in [0.15, 0.2) is 5.79 Å². The van der Waals surface area contributed by atoms with E-state index < -0.39 is 23.0 Å². The molecule has 5 N–H and O–H groups in total. The van der Waals surface area contributed by atoms with Gasteiger partial charge in [-0.25, -0.2) is 4.99 Å². The summed E-state index contributed by atoms with van der Waals surface area (Å²) >= 11 is 0. The predicted octanol–water partition coefficient (Wildman–Crippen LogP) is 0.522. The maximum Gasteiger partial charge on any atom is 0.387 e. The van der Waals surface area contributed by atoms with Gasteiger partial charge in [0.05, 0.1) is 11.1 Å². The summed E-state index contributed by atoms with van der Waals surface area (Å²) in [6, 6.07) is 6.04. The fourth-order valence-electron chi connectivity index (χ4n) is 1.96. The average Bonchev–Trinajstić information content (AvgIpc) is 2.39. The molecule has 1 aromatic carbocycles. The van der Waals surface area contributed by atoms with Crippen molar-refractivity contribution in [2.24, 2.45) is 16.5 Å². The fraction of sp³-hybridized carbons (Fsp3) is 0.250. The molecule has 1 heterocycles. The minimum atomic E-state index is -2.98. The quantitative estimate of drug-likeness (QED) is 0.537. The third-order valence-electron chi connectivity index (χ3n) is 2.89. The Morgan fingerprint density at radius 1 is 1.45 bits per heavy atom. The van der Waals surface area contributed by atoms with E-state index in [1.165, 1.54) is 18.2 Å². The van der Waals surface area contributed by atoms with Crippen molar-refractivity contribution in [3.63, 3.8) is 0 Å². The summed E-state index contributed by atoms with van der Waals surface area (Å²) in [6.45, 7) is -2.98. The van der Waals surface area contributed by atoms with E-state index >= 15 is 0 Å². The first-order valence-electron chi connectivity index (χ1n) is 6.10. The maximum absolute atomic E-state index is 12.4. The van der Waals surface area contributed by atoms with E-state index in [1.807, 2.05) is 0 Å². The van der Waals surface area contributed by atoms with Crippen molar-refractivity contribution in [2.75, 3.05) is 0 Å². The predicted molar refractivity (Wildman–Crippen MR) is 73.5 cm³/mol. The number of nitro groups is 1. The molecule has 0 aromatic heterocycles. The van der Waals surface area contributed by atoms with E-state index in [0.717, 1.165) is 6.20 Å². The van der Waals surface area contributed by atoms with Gasteiger partial charge < -0.3 is 15.8 Å². The zero-order valence-electron chi connectivity index (χ0n) is 11.2. The van der Waals surface area contributed by atoms with Crippen LogP contribution in [0.4, 0.5) is 8.78 Å². The van der Waals surface area contributed by atoms with Crippen LogP contribution in [0.25, 0.3) is 0 Å². The fourth-order valence-corrected chi connectivity index (χ4v) is 1.96. The van der Waals surface area contributed by atoms with Crippen molar-refractivity contribution in [1.29, 1.82) is 0 Å². The molecule has 0 spiro atoms. The minimum Gasteiger partial charge on any atom is -0.435 e. The van der Waals surface area contributed by atoms with Crippen molar-refractivity contribution >= 4 is 5.84 Å². The lowest BCUT2D eigenvalue weighted by molar-refractivity contribution is -0.416. The first-order valence-corrected chi connectivity index (χ1v) is 6.10. The van der Waals surface area contributed by atoms with Crippen LogP contribution in [0.5, 0.6) is 5.75 Å². The van der Waals surface area contributed by atoms with Gasteiger partial charge in [-0.1, -0.05) is 18.2 Å². The highest BCUT2D eigenvalue weighted by atomic mass is 19.3. The van der Waals surface area contributed by atoms with Gasteiger partial charge in [0, 0.05) is 12.0 Å². The lowest BCUT2D eigenvalue weighted by Gasteiger charge is -2.29. The van der Waals surface area contributed by atoms with Crippen LogP contribution >= 0.6 is 0 Å².